The van der Waals surface area contributed by atoms with Crippen LogP contribution < -0.4 is 5.32 Å². The largest absolute Gasteiger partial charge is 0.507 e. The molecule has 0 fully saturated rings. The van der Waals surface area contributed by atoms with Crippen molar-refractivity contribution in [1.29, 1.82) is 0 Å². The van der Waals surface area contributed by atoms with Crippen molar-refractivity contribution in [3.8, 4) is 5.75 Å². The lowest BCUT2D eigenvalue weighted by molar-refractivity contribution is -0.140. The molecule has 0 bridgehead atoms. The number of carboxylic acids is 1. The molecule has 104 valence electrons. The predicted molar refractivity (Wildman–Crippen MR) is 71.5 cm³/mol. The van der Waals surface area contributed by atoms with Gasteiger partial charge in [0.1, 0.15) is 11.8 Å². The smallest absolute Gasteiger partial charge is 0.326 e. The van der Waals surface area contributed by atoms with Crippen LogP contribution >= 0.6 is 11.6 Å². The number of carboxylic acid groups (broad SMARTS) is 1. The summed E-state index contributed by atoms with van der Waals surface area (Å²) >= 11 is 5.74. The van der Waals surface area contributed by atoms with Crippen LogP contribution in [0, 0.1) is 5.92 Å². The maximum absolute atomic E-state index is 12.0. The molecule has 3 N–H and O–H groups in total. The van der Waals surface area contributed by atoms with E-state index in [1.807, 2.05) is 6.92 Å². The number of hydrogen-bond donors (Lipinski definition) is 3. The first-order valence-electron chi connectivity index (χ1n) is 5.89. The van der Waals surface area contributed by atoms with Crippen molar-refractivity contribution < 1.29 is 19.8 Å². The lowest BCUT2D eigenvalue weighted by atomic mass is 9.99. The molecule has 5 nitrogen and oxygen atoms in total. The predicted octanol–water partition coefficient (Wildman–Crippen LogP) is 2.27. The van der Waals surface area contributed by atoms with Crippen LogP contribution in [0.15, 0.2) is 18.2 Å². The molecule has 0 aliphatic carbocycles. The van der Waals surface area contributed by atoms with E-state index >= 15 is 0 Å². The number of amides is 1. The minimum atomic E-state index is -1.11. The Hall–Kier alpha value is -1.75. The van der Waals surface area contributed by atoms with Crippen LogP contribution in [0.4, 0.5) is 0 Å². The summed E-state index contributed by atoms with van der Waals surface area (Å²) in [6.07, 6.45) is 0.610. The minimum absolute atomic E-state index is 0.0398. The van der Waals surface area contributed by atoms with E-state index in [1.165, 1.54) is 18.2 Å². The molecule has 0 aliphatic heterocycles. The molecule has 19 heavy (non-hydrogen) atoms. The van der Waals surface area contributed by atoms with Gasteiger partial charge in [-0.1, -0.05) is 31.9 Å². The third-order valence-electron chi connectivity index (χ3n) is 2.97. The molecule has 1 aromatic rings. The zero-order valence-corrected chi connectivity index (χ0v) is 11.4. The second-order valence-electron chi connectivity index (χ2n) is 4.34. The maximum Gasteiger partial charge on any atom is 0.326 e. The fourth-order valence-electron chi connectivity index (χ4n) is 1.59. The van der Waals surface area contributed by atoms with Crippen LogP contribution in [0.3, 0.4) is 0 Å². The van der Waals surface area contributed by atoms with Gasteiger partial charge < -0.3 is 15.5 Å². The highest BCUT2D eigenvalue weighted by Crippen LogP contribution is 2.21. The van der Waals surface area contributed by atoms with Gasteiger partial charge in [-0.05, 0) is 24.1 Å². The summed E-state index contributed by atoms with van der Waals surface area (Å²) in [5.41, 5.74) is -0.0398. The summed E-state index contributed by atoms with van der Waals surface area (Å²) in [6, 6.07) is 3.02. The molecule has 1 rings (SSSR count). The van der Waals surface area contributed by atoms with Crippen molar-refractivity contribution in [2.24, 2.45) is 5.92 Å². The quantitative estimate of drug-likeness (QED) is 0.774. The molecular formula is C13H16ClNO4. The first-order chi connectivity index (χ1) is 8.86. The molecule has 2 unspecified atom stereocenters. The first kappa shape index (κ1) is 15.3. The summed E-state index contributed by atoms with van der Waals surface area (Å²) in [4.78, 5) is 23.1. The molecule has 2 atom stereocenters. The summed E-state index contributed by atoms with van der Waals surface area (Å²) in [6.45, 7) is 3.57. The van der Waals surface area contributed by atoms with Crippen molar-refractivity contribution >= 4 is 23.5 Å². The molecule has 0 spiro atoms. The number of benzene rings is 1. The molecule has 1 amide bonds. The lowest BCUT2D eigenvalue weighted by Gasteiger charge is -2.20. The highest BCUT2D eigenvalue weighted by molar-refractivity contribution is 6.31. The molecule has 0 aliphatic rings. The molecule has 0 aromatic heterocycles. The average molecular weight is 286 g/mol. The molecular weight excluding hydrogens is 270 g/mol. The Balaban J connectivity index is 2.94. The Morgan fingerprint density at radius 2 is 2.05 bits per heavy atom. The van der Waals surface area contributed by atoms with Crippen LogP contribution in [0.5, 0.6) is 5.75 Å². The number of carbonyl (C=O) groups is 2. The number of carbonyl (C=O) groups excluding carboxylic acids is 1. The van der Waals surface area contributed by atoms with Crippen molar-refractivity contribution in [3.05, 3.63) is 28.8 Å². The first-order valence-corrected chi connectivity index (χ1v) is 6.26. The molecule has 0 radical (unpaired) electrons. The number of halogens is 1. The van der Waals surface area contributed by atoms with E-state index in [0.29, 0.717) is 11.4 Å². The number of aliphatic carboxylic acids is 1. The van der Waals surface area contributed by atoms with E-state index in [0.717, 1.165) is 0 Å². The fraction of sp³-hybridized carbons (Fsp3) is 0.385. The van der Waals surface area contributed by atoms with Gasteiger partial charge in [0.25, 0.3) is 5.91 Å². The Morgan fingerprint density at radius 1 is 1.42 bits per heavy atom. The topological polar surface area (TPSA) is 86.6 Å². The monoisotopic (exact) mass is 285 g/mol. The Bertz CT molecular complexity index is 490. The van der Waals surface area contributed by atoms with E-state index in [9.17, 15) is 14.7 Å². The van der Waals surface area contributed by atoms with E-state index in [-0.39, 0.29) is 17.2 Å². The second kappa shape index (κ2) is 6.43. The van der Waals surface area contributed by atoms with E-state index in [4.69, 9.17) is 16.7 Å². The van der Waals surface area contributed by atoms with Gasteiger partial charge in [-0.3, -0.25) is 4.79 Å². The van der Waals surface area contributed by atoms with Gasteiger partial charge in [-0.25, -0.2) is 4.79 Å². The molecule has 6 heteroatoms. The SMILES string of the molecule is CCC(C)C(NC(=O)c1cc(Cl)ccc1O)C(=O)O. The van der Waals surface area contributed by atoms with Crippen molar-refractivity contribution in [2.75, 3.05) is 0 Å². The third kappa shape index (κ3) is 3.86. The Labute approximate surface area is 116 Å². The third-order valence-corrected chi connectivity index (χ3v) is 3.20. The van der Waals surface area contributed by atoms with Crippen LogP contribution in [-0.2, 0) is 4.79 Å². The van der Waals surface area contributed by atoms with E-state index < -0.39 is 17.9 Å². The maximum atomic E-state index is 12.0. The second-order valence-corrected chi connectivity index (χ2v) is 4.77. The number of nitrogens with one attached hydrogen (secondary N) is 1. The number of hydrogen-bond acceptors (Lipinski definition) is 3. The van der Waals surface area contributed by atoms with Gasteiger partial charge in [-0.2, -0.15) is 0 Å². The number of aromatic hydroxyl groups is 1. The minimum Gasteiger partial charge on any atom is -0.507 e. The van der Waals surface area contributed by atoms with Crippen LogP contribution in [-0.4, -0.2) is 28.1 Å². The molecule has 0 saturated carbocycles. The van der Waals surface area contributed by atoms with Crippen molar-refractivity contribution in [3.63, 3.8) is 0 Å². The standard InChI is InChI=1S/C13H16ClNO4/c1-3-7(2)11(13(18)19)15-12(17)9-6-8(14)4-5-10(9)16/h4-7,11,16H,3H2,1-2H3,(H,15,17)(H,18,19). The van der Waals surface area contributed by atoms with Crippen molar-refractivity contribution in [1.82, 2.24) is 5.32 Å². The van der Waals surface area contributed by atoms with Crippen molar-refractivity contribution in [2.45, 2.75) is 26.3 Å². The van der Waals surface area contributed by atoms with Gasteiger partial charge in [0.2, 0.25) is 0 Å². The number of phenols is 1. The zero-order chi connectivity index (χ0) is 14.6. The Kier molecular flexibility index (Phi) is 5.18. The number of phenolic OH excluding ortho intramolecular Hbond substituents is 1. The van der Waals surface area contributed by atoms with Crippen LogP contribution in [0.2, 0.25) is 5.02 Å². The highest BCUT2D eigenvalue weighted by Gasteiger charge is 2.26. The van der Waals surface area contributed by atoms with Crippen LogP contribution in [0.25, 0.3) is 0 Å². The molecule has 1 aromatic carbocycles. The normalized spacial score (nSPS) is 13.6. The zero-order valence-electron chi connectivity index (χ0n) is 10.7. The molecule has 0 saturated heterocycles. The van der Waals surface area contributed by atoms with E-state index in [2.05, 4.69) is 5.32 Å². The Morgan fingerprint density at radius 3 is 2.58 bits per heavy atom. The average Bonchev–Trinajstić information content (AvgIpc) is 2.37. The summed E-state index contributed by atoms with van der Waals surface area (Å²) in [5.74, 6) is -2.23. The van der Waals surface area contributed by atoms with E-state index in [1.54, 1.807) is 6.92 Å². The summed E-state index contributed by atoms with van der Waals surface area (Å²) in [5, 5.41) is 21.4. The highest BCUT2D eigenvalue weighted by atomic mass is 35.5. The fourth-order valence-corrected chi connectivity index (χ4v) is 1.76. The van der Waals surface area contributed by atoms with Gasteiger partial charge in [0, 0.05) is 5.02 Å². The molecule has 0 heterocycles. The number of rotatable bonds is 5. The van der Waals surface area contributed by atoms with Gasteiger partial charge >= 0.3 is 5.97 Å². The summed E-state index contributed by atoms with van der Waals surface area (Å²) in [7, 11) is 0. The van der Waals surface area contributed by atoms with Gasteiger partial charge in [0.15, 0.2) is 0 Å². The lowest BCUT2D eigenvalue weighted by Crippen LogP contribution is -2.45. The van der Waals surface area contributed by atoms with Crippen LogP contribution in [0.1, 0.15) is 30.6 Å². The van der Waals surface area contributed by atoms with Gasteiger partial charge in [-0.15, -0.1) is 0 Å². The van der Waals surface area contributed by atoms with Gasteiger partial charge in [0.05, 0.1) is 5.56 Å². The summed E-state index contributed by atoms with van der Waals surface area (Å²) < 4.78 is 0.